The zero-order valence-electron chi connectivity index (χ0n) is 16.7. The van der Waals surface area contributed by atoms with E-state index in [0.717, 1.165) is 34.3 Å². The average Bonchev–Trinajstić information content (AvgIpc) is 3.05. The van der Waals surface area contributed by atoms with Gasteiger partial charge in [0.1, 0.15) is 11.0 Å². The van der Waals surface area contributed by atoms with Crippen LogP contribution >= 0.6 is 0 Å². The van der Waals surface area contributed by atoms with Crippen molar-refractivity contribution in [3.63, 3.8) is 0 Å². The number of aromatic nitrogens is 3. The molecule has 0 aliphatic heterocycles. The molecule has 1 N–H and O–H groups in total. The minimum absolute atomic E-state index is 0.00754. The Morgan fingerprint density at radius 2 is 1.54 bits per heavy atom. The maximum absolute atomic E-state index is 11.0. The van der Waals surface area contributed by atoms with Gasteiger partial charge in [-0.1, -0.05) is 45.9 Å². The predicted molar refractivity (Wildman–Crippen MR) is 107 cm³/mol. The largest absolute Gasteiger partial charge is 0.385 e. The first-order valence-electron chi connectivity index (χ1n) is 9.40. The van der Waals surface area contributed by atoms with Crippen molar-refractivity contribution >= 4 is 11.0 Å². The van der Waals surface area contributed by atoms with Crippen LogP contribution in [0.5, 0.6) is 0 Å². The zero-order chi connectivity index (χ0) is 19.1. The normalized spacial score (nSPS) is 14.6. The van der Waals surface area contributed by atoms with Crippen molar-refractivity contribution in [3.05, 3.63) is 53.1 Å². The second-order valence-electron chi connectivity index (χ2n) is 8.01. The lowest BCUT2D eigenvalue weighted by Gasteiger charge is -2.30. The van der Waals surface area contributed by atoms with Crippen LogP contribution in [0.3, 0.4) is 0 Å². The third-order valence-electron chi connectivity index (χ3n) is 5.82. The molecule has 0 spiro atoms. The number of aliphatic hydroxyl groups is 1. The molecular formula is C22H29N3O. The Balaban J connectivity index is 2.29. The summed E-state index contributed by atoms with van der Waals surface area (Å²) in [5.74, 6) is 0. The summed E-state index contributed by atoms with van der Waals surface area (Å²) >= 11 is 0. The van der Waals surface area contributed by atoms with Gasteiger partial charge in [-0.25, -0.2) is 0 Å². The smallest absolute Gasteiger partial charge is 0.113 e. The molecule has 4 heteroatoms. The molecule has 3 aromatic rings. The van der Waals surface area contributed by atoms with E-state index >= 15 is 0 Å². The molecule has 0 fully saturated rings. The molecule has 2 aromatic carbocycles. The molecule has 1 atom stereocenters. The van der Waals surface area contributed by atoms with Gasteiger partial charge in [-0.05, 0) is 67.0 Å². The Hall–Kier alpha value is -2.20. The highest BCUT2D eigenvalue weighted by Gasteiger charge is 2.29. The predicted octanol–water partition coefficient (Wildman–Crippen LogP) is 5.03. The van der Waals surface area contributed by atoms with Gasteiger partial charge < -0.3 is 5.11 Å². The maximum atomic E-state index is 11.0. The van der Waals surface area contributed by atoms with E-state index < -0.39 is 5.60 Å². The van der Waals surface area contributed by atoms with Crippen molar-refractivity contribution in [2.45, 2.75) is 65.4 Å². The molecule has 0 saturated carbocycles. The monoisotopic (exact) mass is 351 g/mol. The van der Waals surface area contributed by atoms with Crippen LogP contribution < -0.4 is 0 Å². The van der Waals surface area contributed by atoms with Gasteiger partial charge in [0.05, 0.1) is 11.3 Å². The first-order chi connectivity index (χ1) is 12.2. The highest BCUT2D eigenvalue weighted by atomic mass is 16.3. The molecule has 1 aromatic heterocycles. The van der Waals surface area contributed by atoms with Gasteiger partial charge in [0.25, 0.3) is 0 Å². The molecule has 0 radical (unpaired) electrons. The van der Waals surface area contributed by atoms with Crippen molar-refractivity contribution in [3.8, 4) is 5.69 Å². The van der Waals surface area contributed by atoms with Gasteiger partial charge in [0, 0.05) is 0 Å². The highest BCUT2D eigenvalue weighted by Crippen LogP contribution is 2.36. The Morgan fingerprint density at radius 3 is 2.04 bits per heavy atom. The number of hydrogen-bond donors (Lipinski definition) is 1. The van der Waals surface area contributed by atoms with Crippen LogP contribution in [0.15, 0.2) is 36.4 Å². The second kappa shape index (κ2) is 6.51. The molecule has 138 valence electrons. The van der Waals surface area contributed by atoms with Crippen molar-refractivity contribution in [1.29, 1.82) is 0 Å². The van der Waals surface area contributed by atoms with Crippen LogP contribution in [-0.4, -0.2) is 20.1 Å². The fourth-order valence-corrected chi connectivity index (χ4v) is 3.22. The molecule has 1 unspecified atom stereocenters. The van der Waals surface area contributed by atoms with Crippen LogP contribution in [-0.2, 0) is 11.0 Å². The molecule has 0 bridgehead atoms. The molecule has 0 saturated heterocycles. The fourth-order valence-electron chi connectivity index (χ4n) is 3.22. The lowest BCUT2D eigenvalue weighted by molar-refractivity contribution is 0.0522. The van der Waals surface area contributed by atoms with Crippen LogP contribution in [0, 0.1) is 6.92 Å². The zero-order valence-corrected chi connectivity index (χ0v) is 16.7. The van der Waals surface area contributed by atoms with Gasteiger partial charge >= 0.3 is 0 Å². The summed E-state index contributed by atoms with van der Waals surface area (Å²) < 4.78 is 0. The number of nitrogens with zero attached hydrogens (tertiary/aromatic N) is 3. The Morgan fingerprint density at radius 1 is 0.962 bits per heavy atom. The lowest BCUT2D eigenvalue weighted by atomic mass is 9.78. The summed E-state index contributed by atoms with van der Waals surface area (Å²) in [6, 6.07) is 12.2. The molecule has 3 rings (SSSR count). The fraction of sp³-hybridized carbons (Fsp3) is 0.455. The van der Waals surface area contributed by atoms with Crippen molar-refractivity contribution in [1.82, 2.24) is 15.0 Å². The standard InChI is InChI=1S/C22H29N3O/c1-7-21(4,5)16-13-17(22(6,26)8-2)15(3)20(14-16)25-23-18-11-9-10-12-19(18)24-25/h9-14,26H,7-8H2,1-6H3. The van der Waals surface area contributed by atoms with Gasteiger partial charge in [-0.3, -0.25) is 0 Å². The molecule has 0 aliphatic carbocycles. The quantitative estimate of drug-likeness (QED) is 0.701. The first-order valence-corrected chi connectivity index (χ1v) is 9.40. The third kappa shape index (κ3) is 3.14. The molecule has 4 nitrogen and oxygen atoms in total. The Kier molecular flexibility index (Phi) is 4.65. The number of hydrogen-bond acceptors (Lipinski definition) is 3. The average molecular weight is 351 g/mol. The molecule has 0 aliphatic rings. The van der Waals surface area contributed by atoms with Gasteiger partial charge in [0.15, 0.2) is 0 Å². The van der Waals surface area contributed by atoms with Crippen molar-refractivity contribution in [2.75, 3.05) is 0 Å². The Bertz CT molecular complexity index is 905. The SMILES string of the molecule is CCC(C)(C)c1cc(-n2nc3ccccc3n2)c(C)c(C(C)(O)CC)c1. The Labute approximate surface area is 155 Å². The second-order valence-corrected chi connectivity index (χ2v) is 8.01. The number of rotatable bonds is 5. The lowest BCUT2D eigenvalue weighted by Crippen LogP contribution is -2.25. The van der Waals surface area contributed by atoms with Gasteiger partial charge in [-0.2, -0.15) is 4.80 Å². The number of benzene rings is 2. The van der Waals surface area contributed by atoms with Crippen molar-refractivity contribution < 1.29 is 5.11 Å². The summed E-state index contributed by atoms with van der Waals surface area (Å²) in [6.07, 6.45) is 1.66. The summed E-state index contributed by atoms with van der Waals surface area (Å²) in [7, 11) is 0. The minimum atomic E-state index is -0.884. The van der Waals surface area contributed by atoms with Crippen molar-refractivity contribution in [2.24, 2.45) is 0 Å². The van der Waals surface area contributed by atoms with E-state index in [0.29, 0.717) is 6.42 Å². The summed E-state index contributed by atoms with van der Waals surface area (Å²) in [5.41, 5.74) is 4.98. The van der Waals surface area contributed by atoms with E-state index in [1.54, 1.807) is 4.80 Å². The van der Waals surface area contributed by atoms with E-state index in [1.165, 1.54) is 5.56 Å². The summed E-state index contributed by atoms with van der Waals surface area (Å²) in [4.78, 5) is 1.71. The van der Waals surface area contributed by atoms with Gasteiger partial charge in [0.2, 0.25) is 0 Å². The molecule has 26 heavy (non-hydrogen) atoms. The van der Waals surface area contributed by atoms with E-state index in [4.69, 9.17) is 0 Å². The van der Waals surface area contributed by atoms with Crippen LogP contribution in [0.2, 0.25) is 0 Å². The molecular weight excluding hydrogens is 322 g/mol. The van der Waals surface area contributed by atoms with Crippen LogP contribution in [0.1, 0.15) is 64.2 Å². The van der Waals surface area contributed by atoms with E-state index in [1.807, 2.05) is 45.0 Å². The van der Waals surface area contributed by atoms with Gasteiger partial charge in [-0.15, -0.1) is 10.2 Å². The molecule has 1 heterocycles. The van der Waals surface area contributed by atoms with E-state index in [9.17, 15) is 5.11 Å². The third-order valence-corrected chi connectivity index (χ3v) is 5.82. The topological polar surface area (TPSA) is 50.9 Å². The summed E-state index contributed by atoms with van der Waals surface area (Å²) in [5, 5.41) is 20.3. The molecule has 0 amide bonds. The van der Waals surface area contributed by atoms with E-state index in [2.05, 4.69) is 43.1 Å². The van der Waals surface area contributed by atoms with E-state index in [-0.39, 0.29) is 5.41 Å². The van der Waals surface area contributed by atoms with Crippen LogP contribution in [0.4, 0.5) is 0 Å². The van der Waals surface area contributed by atoms with Crippen LogP contribution in [0.25, 0.3) is 16.7 Å². The highest BCUT2D eigenvalue weighted by molar-refractivity contribution is 5.73. The first kappa shape index (κ1) is 18.6. The minimum Gasteiger partial charge on any atom is -0.385 e. The number of fused-ring (bicyclic) bond motifs is 1. The summed E-state index contributed by atoms with van der Waals surface area (Å²) in [6.45, 7) is 12.6. The maximum Gasteiger partial charge on any atom is 0.113 e.